The van der Waals surface area contributed by atoms with Crippen LogP contribution in [0.15, 0.2) is 30.6 Å². The Hall–Kier alpha value is -1.28. The third kappa shape index (κ3) is 2.21. The molecule has 0 unspecified atom stereocenters. The number of aromatic nitrogens is 2. The van der Waals surface area contributed by atoms with Crippen molar-refractivity contribution in [1.29, 1.82) is 0 Å². The normalized spacial score (nSPS) is 10.6. The Morgan fingerprint density at radius 2 is 2.13 bits per heavy atom. The smallest absolute Gasteiger partial charge is 0.131 e. The third-order valence-corrected chi connectivity index (χ3v) is 2.87. The fourth-order valence-corrected chi connectivity index (χ4v) is 1.74. The van der Waals surface area contributed by atoms with Gasteiger partial charge < -0.3 is 4.57 Å². The molecule has 1 heterocycles. The molecule has 78 valence electrons. The van der Waals surface area contributed by atoms with Crippen molar-refractivity contribution in [2.75, 3.05) is 0 Å². The number of benzene rings is 1. The summed E-state index contributed by atoms with van der Waals surface area (Å²) in [6.45, 7) is 4.78. The lowest BCUT2D eigenvalue weighted by atomic mass is 10.1. The maximum Gasteiger partial charge on any atom is 0.131 e. The van der Waals surface area contributed by atoms with Crippen molar-refractivity contribution in [3.8, 4) is 0 Å². The van der Waals surface area contributed by atoms with Crippen molar-refractivity contribution in [3.63, 3.8) is 0 Å². The van der Waals surface area contributed by atoms with E-state index in [1.54, 1.807) is 6.33 Å². The summed E-state index contributed by atoms with van der Waals surface area (Å²) in [5.74, 6) is 0. The van der Waals surface area contributed by atoms with Crippen LogP contribution in [0.4, 0.5) is 0 Å². The molecule has 3 heteroatoms. The number of nitrogens with zero attached hydrogens (tertiary/aromatic N) is 2. The predicted octanol–water partition coefficient (Wildman–Crippen LogP) is 3.20. The molecule has 0 spiro atoms. The quantitative estimate of drug-likeness (QED) is 0.760. The molecule has 0 amide bonds. The Labute approximate surface area is 94.5 Å². The summed E-state index contributed by atoms with van der Waals surface area (Å²) < 4.78 is 1.95. The molecule has 2 nitrogen and oxygen atoms in total. The number of halogens is 1. The summed E-state index contributed by atoms with van der Waals surface area (Å²) in [6, 6.07) is 8.40. The van der Waals surface area contributed by atoms with E-state index in [4.69, 9.17) is 11.6 Å². The first-order valence-electron chi connectivity index (χ1n) is 4.89. The lowest BCUT2D eigenvalue weighted by molar-refractivity contribution is 0.797. The molecule has 2 rings (SSSR count). The number of aryl methyl sites for hydroxylation is 2. The molecule has 0 saturated carbocycles. The molecule has 0 fully saturated rings. The highest BCUT2D eigenvalue weighted by atomic mass is 35.5. The van der Waals surface area contributed by atoms with Gasteiger partial charge in [-0.15, -0.1) is 0 Å². The Bertz CT molecular complexity index is 474. The van der Waals surface area contributed by atoms with Gasteiger partial charge in [0.1, 0.15) is 5.15 Å². The highest BCUT2D eigenvalue weighted by molar-refractivity contribution is 6.30. The van der Waals surface area contributed by atoms with Gasteiger partial charge in [0, 0.05) is 6.54 Å². The Balaban J connectivity index is 2.26. The van der Waals surface area contributed by atoms with E-state index in [0.717, 1.165) is 17.4 Å². The highest BCUT2D eigenvalue weighted by Crippen LogP contribution is 2.15. The first-order valence-corrected chi connectivity index (χ1v) is 5.27. The van der Waals surface area contributed by atoms with Crippen molar-refractivity contribution in [1.82, 2.24) is 9.55 Å². The van der Waals surface area contributed by atoms with Gasteiger partial charge in [-0.2, -0.15) is 0 Å². The molecule has 0 aliphatic rings. The zero-order chi connectivity index (χ0) is 10.8. The average molecular weight is 221 g/mol. The van der Waals surface area contributed by atoms with Crippen LogP contribution in [0.1, 0.15) is 16.8 Å². The van der Waals surface area contributed by atoms with Gasteiger partial charge in [-0.05, 0) is 19.4 Å². The summed E-state index contributed by atoms with van der Waals surface area (Å²) in [5.41, 5.74) is 3.39. The highest BCUT2D eigenvalue weighted by Gasteiger charge is 2.04. The average Bonchev–Trinajstić information content (AvgIpc) is 2.50. The zero-order valence-electron chi connectivity index (χ0n) is 8.87. The van der Waals surface area contributed by atoms with Crippen LogP contribution in [0, 0.1) is 13.8 Å². The zero-order valence-corrected chi connectivity index (χ0v) is 9.62. The lowest BCUT2D eigenvalue weighted by Crippen LogP contribution is -1.98. The third-order valence-electron chi connectivity index (χ3n) is 2.38. The van der Waals surface area contributed by atoms with E-state index >= 15 is 0 Å². The number of hydrogen-bond donors (Lipinski definition) is 0. The topological polar surface area (TPSA) is 17.8 Å². The van der Waals surface area contributed by atoms with Gasteiger partial charge in [0.25, 0.3) is 0 Å². The molecule has 0 N–H and O–H groups in total. The summed E-state index contributed by atoms with van der Waals surface area (Å²) in [6.07, 6.45) is 1.78. The molecule has 1 aromatic heterocycles. The van der Waals surface area contributed by atoms with Crippen LogP contribution in [0.2, 0.25) is 5.15 Å². The Morgan fingerprint density at radius 1 is 1.33 bits per heavy atom. The number of hydrogen-bond acceptors (Lipinski definition) is 1. The molecule has 0 saturated heterocycles. The Morgan fingerprint density at radius 3 is 2.73 bits per heavy atom. The molecule has 0 aliphatic carbocycles. The van der Waals surface area contributed by atoms with Crippen molar-refractivity contribution in [2.24, 2.45) is 0 Å². The van der Waals surface area contributed by atoms with E-state index < -0.39 is 0 Å². The van der Waals surface area contributed by atoms with E-state index in [2.05, 4.69) is 36.2 Å². The summed E-state index contributed by atoms with van der Waals surface area (Å²) in [7, 11) is 0. The Kier molecular flexibility index (Phi) is 2.78. The maximum absolute atomic E-state index is 6.10. The summed E-state index contributed by atoms with van der Waals surface area (Å²) >= 11 is 6.10. The number of imidazole rings is 1. The van der Waals surface area contributed by atoms with Crippen LogP contribution in [-0.2, 0) is 6.54 Å². The SMILES string of the molecule is Cc1cccc(Cn2cnc(C)c2Cl)c1. The second-order valence-electron chi connectivity index (χ2n) is 3.74. The fourth-order valence-electron chi connectivity index (χ4n) is 1.59. The van der Waals surface area contributed by atoms with E-state index in [1.807, 2.05) is 11.5 Å². The van der Waals surface area contributed by atoms with Gasteiger partial charge in [0.05, 0.1) is 12.0 Å². The van der Waals surface area contributed by atoms with E-state index in [9.17, 15) is 0 Å². The minimum absolute atomic E-state index is 0.719. The van der Waals surface area contributed by atoms with Crippen molar-refractivity contribution in [3.05, 3.63) is 52.6 Å². The molecule has 1 aromatic carbocycles. The largest absolute Gasteiger partial charge is 0.317 e. The molecule has 2 aromatic rings. The van der Waals surface area contributed by atoms with E-state index in [0.29, 0.717) is 0 Å². The minimum Gasteiger partial charge on any atom is -0.317 e. The van der Waals surface area contributed by atoms with Gasteiger partial charge in [-0.3, -0.25) is 0 Å². The second-order valence-corrected chi connectivity index (χ2v) is 4.10. The maximum atomic E-state index is 6.10. The lowest BCUT2D eigenvalue weighted by Gasteiger charge is -2.05. The van der Waals surface area contributed by atoms with Crippen LogP contribution in [0.25, 0.3) is 0 Å². The van der Waals surface area contributed by atoms with E-state index in [-0.39, 0.29) is 0 Å². The molecule has 0 radical (unpaired) electrons. The van der Waals surface area contributed by atoms with Crippen LogP contribution in [0.5, 0.6) is 0 Å². The number of rotatable bonds is 2. The van der Waals surface area contributed by atoms with E-state index in [1.165, 1.54) is 11.1 Å². The van der Waals surface area contributed by atoms with Gasteiger partial charge in [0.15, 0.2) is 0 Å². The molecule has 0 atom stereocenters. The predicted molar refractivity (Wildman–Crippen MR) is 62.3 cm³/mol. The molecule has 0 aliphatic heterocycles. The van der Waals surface area contributed by atoms with Gasteiger partial charge in [-0.25, -0.2) is 4.98 Å². The molecular weight excluding hydrogens is 208 g/mol. The first kappa shape index (κ1) is 10.2. The second kappa shape index (κ2) is 4.07. The van der Waals surface area contributed by atoms with Crippen molar-refractivity contribution >= 4 is 11.6 Å². The summed E-state index contributed by atoms with van der Waals surface area (Å²) in [4.78, 5) is 4.17. The van der Waals surface area contributed by atoms with Crippen molar-refractivity contribution in [2.45, 2.75) is 20.4 Å². The van der Waals surface area contributed by atoms with Crippen LogP contribution in [-0.4, -0.2) is 9.55 Å². The van der Waals surface area contributed by atoms with Crippen molar-refractivity contribution < 1.29 is 0 Å². The molecule has 15 heavy (non-hydrogen) atoms. The monoisotopic (exact) mass is 220 g/mol. The fraction of sp³-hybridized carbons (Fsp3) is 0.250. The standard InChI is InChI=1S/C12H13ClN2/c1-9-4-3-5-11(6-9)7-15-8-14-10(2)12(15)13/h3-6,8H,7H2,1-2H3. The van der Waals surface area contributed by atoms with Crippen LogP contribution in [0.3, 0.4) is 0 Å². The molecular formula is C12H13ClN2. The van der Waals surface area contributed by atoms with Gasteiger partial charge >= 0.3 is 0 Å². The van der Waals surface area contributed by atoms with Crippen LogP contribution >= 0.6 is 11.6 Å². The first-order chi connectivity index (χ1) is 7.16. The van der Waals surface area contributed by atoms with Gasteiger partial charge in [0.2, 0.25) is 0 Å². The summed E-state index contributed by atoms with van der Waals surface area (Å²) in [5, 5.41) is 0.719. The molecule has 0 bridgehead atoms. The minimum atomic E-state index is 0.719. The van der Waals surface area contributed by atoms with Crippen LogP contribution < -0.4 is 0 Å². The van der Waals surface area contributed by atoms with Gasteiger partial charge in [-0.1, -0.05) is 41.4 Å².